The summed E-state index contributed by atoms with van der Waals surface area (Å²) in [5.41, 5.74) is 4.41. The number of hydrogen-bond donors (Lipinski definition) is 1. The topological polar surface area (TPSA) is 58.6 Å². The summed E-state index contributed by atoms with van der Waals surface area (Å²) in [7, 11) is 0. The standard InChI is InChI=1S/C24H16Cl2N2O3S2/c25-18-9-5-8-16(12-18)22(29)27-28-23(30)21(33-24(28)32)13-15-6-2-4-11-20(15)31-14-17-7-1-3-10-19(17)26/h1-13H,14H2,(H,27,29)/b21-13+. The lowest BCUT2D eigenvalue weighted by molar-refractivity contribution is -0.123. The number of hydrogen-bond acceptors (Lipinski definition) is 5. The van der Waals surface area contributed by atoms with Crippen LogP contribution in [-0.2, 0) is 11.4 Å². The zero-order valence-electron chi connectivity index (χ0n) is 17.0. The molecular weight excluding hydrogens is 499 g/mol. The van der Waals surface area contributed by atoms with Crippen molar-refractivity contribution in [3.8, 4) is 5.75 Å². The average Bonchev–Trinajstić information content (AvgIpc) is 3.06. The maximum absolute atomic E-state index is 12.9. The molecule has 3 aromatic rings. The monoisotopic (exact) mass is 514 g/mol. The number of benzene rings is 3. The van der Waals surface area contributed by atoms with E-state index in [4.69, 9.17) is 40.2 Å². The van der Waals surface area contributed by atoms with Crippen molar-refractivity contribution in [2.24, 2.45) is 0 Å². The Labute approximate surface area is 210 Å². The number of thioether (sulfide) groups is 1. The van der Waals surface area contributed by atoms with Crippen molar-refractivity contribution < 1.29 is 14.3 Å². The van der Waals surface area contributed by atoms with Crippen LogP contribution in [0.4, 0.5) is 0 Å². The number of ether oxygens (including phenoxy) is 1. The van der Waals surface area contributed by atoms with E-state index in [9.17, 15) is 9.59 Å². The number of thiocarbonyl (C=S) groups is 1. The van der Waals surface area contributed by atoms with Gasteiger partial charge in [-0.3, -0.25) is 15.0 Å². The maximum Gasteiger partial charge on any atom is 0.285 e. The van der Waals surface area contributed by atoms with Crippen molar-refractivity contribution in [3.05, 3.63) is 104 Å². The van der Waals surface area contributed by atoms with Crippen molar-refractivity contribution >= 4 is 69.4 Å². The largest absolute Gasteiger partial charge is 0.488 e. The van der Waals surface area contributed by atoms with Crippen LogP contribution in [0, 0.1) is 0 Å². The molecule has 3 aromatic carbocycles. The number of halogens is 2. The van der Waals surface area contributed by atoms with Gasteiger partial charge in [0.05, 0.1) is 4.91 Å². The van der Waals surface area contributed by atoms with E-state index >= 15 is 0 Å². The molecule has 0 spiro atoms. The summed E-state index contributed by atoms with van der Waals surface area (Å²) in [6, 6.07) is 21.2. The zero-order valence-corrected chi connectivity index (χ0v) is 20.1. The molecule has 33 heavy (non-hydrogen) atoms. The molecule has 9 heteroatoms. The number of amides is 2. The van der Waals surface area contributed by atoms with E-state index in [2.05, 4.69) is 5.43 Å². The van der Waals surface area contributed by atoms with E-state index in [0.29, 0.717) is 31.8 Å². The van der Waals surface area contributed by atoms with Crippen molar-refractivity contribution in [2.45, 2.75) is 6.61 Å². The molecule has 1 heterocycles. The highest BCUT2D eigenvalue weighted by molar-refractivity contribution is 8.26. The van der Waals surface area contributed by atoms with Crippen LogP contribution in [0.3, 0.4) is 0 Å². The fraction of sp³-hybridized carbons (Fsp3) is 0.0417. The van der Waals surface area contributed by atoms with Crippen LogP contribution in [-0.4, -0.2) is 21.1 Å². The molecule has 2 amide bonds. The molecule has 1 aliphatic heterocycles. The second-order valence-electron chi connectivity index (χ2n) is 6.89. The number of para-hydroxylation sites is 1. The van der Waals surface area contributed by atoms with E-state index in [-0.39, 0.29) is 10.9 Å². The first-order valence-electron chi connectivity index (χ1n) is 9.72. The van der Waals surface area contributed by atoms with Crippen LogP contribution in [0.1, 0.15) is 21.5 Å². The highest BCUT2D eigenvalue weighted by Crippen LogP contribution is 2.33. The third-order valence-electron chi connectivity index (χ3n) is 4.64. The Morgan fingerprint density at radius 2 is 1.82 bits per heavy atom. The second kappa shape index (κ2) is 10.4. The third-order valence-corrected chi connectivity index (χ3v) is 6.55. The normalized spacial score (nSPS) is 14.6. The first kappa shape index (κ1) is 23.3. The summed E-state index contributed by atoms with van der Waals surface area (Å²) in [5, 5.41) is 2.09. The Bertz CT molecular complexity index is 1280. The summed E-state index contributed by atoms with van der Waals surface area (Å²) in [6.07, 6.45) is 1.69. The van der Waals surface area contributed by atoms with Gasteiger partial charge in [-0.15, -0.1) is 0 Å². The molecular formula is C24H16Cl2N2O3S2. The molecule has 0 bridgehead atoms. The number of carbonyl (C=O) groups is 2. The molecule has 0 unspecified atom stereocenters. The van der Waals surface area contributed by atoms with Gasteiger partial charge >= 0.3 is 0 Å². The van der Waals surface area contributed by atoms with Gasteiger partial charge in [0.15, 0.2) is 4.32 Å². The van der Waals surface area contributed by atoms with E-state index in [1.54, 1.807) is 30.3 Å². The first-order chi connectivity index (χ1) is 15.9. The predicted molar refractivity (Wildman–Crippen MR) is 136 cm³/mol. The Morgan fingerprint density at radius 1 is 1.06 bits per heavy atom. The van der Waals surface area contributed by atoms with Gasteiger partial charge in [0.1, 0.15) is 12.4 Å². The zero-order chi connectivity index (χ0) is 23.4. The lowest BCUT2D eigenvalue weighted by Gasteiger charge is -2.15. The van der Waals surface area contributed by atoms with Gasteiger partial charge in [-0.05, 0) is 48.6 Å². The first-order valence-corrected chi connectivity index (χ1v) is 11.7. The molecule has 1 N–H and O–H groups in total. The van der Waals surface area contributed by atoms with Crippen molar-refractivity contribution in [1.82, 2.24) is 10.4 Å². The van der Waals surface area contributed by atoms with Crippen LogP contribution in [0.25, 0.3) is 6.08 Å². The van der Waals surface area contributed by atoms with E-state index in [1.807, 2.05) is 42.5 Å². The summed E-state index contributed by atoms with van der Waals surface area (Å²) in [6.45, 7) is 0.279. The smallest absolute Gasteiger partial charge is 0.285 e. The van der Waals surface area contributed by atoms with Gasteiger partial charge < -0.3 is 4.74 Å². The molecule has 1 aliphatic rings. The molecule has 0 saturated carbocycles. The predicted octanol–water partition coefficient (Wildman–Crippen LogP) is 6.12. The Balaban J connectivity index is 1.50. The van der Waals surface area contributed by atoms with Crippen LogP contribution in [0.15, 0.2) is 77.7 Å². The lowest BCUT2D eigenvalue weighted by atomic mass is 10.1. The fourth-order valence-electron chi connectivity index (χ4n) is 3.00. The van der Waals surface area contributed by atoms with Gasteiger partial charge in [-0.25, -0.2) is 0 Å². The van der Waals surface area contributed by atoms with E-state index in [0.717, 1.165) is 22.3 Å². The SMILES string of the molecule is O=C(NN1C(=O)/C(=C\c2ccccc2OCc2ccccc2Cl)SC1=S)c1cccc(Cl)c1. The summed E-state index contributed by atoms with van der Waals surface area (Å²) >= 11 is 18.6. The van der Waals surface area contributed by atoms with E-state index < -0.39 is 11.8 Å². The fourth-order valence-corrected chi connectivity index (χ4v) is 4.55. The second-order valence-corrected chi connectivity index (χ2v) is 9.41. The Morgan fingerprint density at radius 3 is 2.61 bits per heavy atom. The van der Waals surface area contributed by atoms with Gasteiger partial charge in [0.25, 0.3) is 11.8 Å². The molecule has 5 nitrogen and oxygen atoms in total. The summed E-state index contributed by atoms with van der Waals surface area (Å²) in [5.74, 6) is -0.328. The maximum atomic E-state index is 12.9. The third kappa shape index (κ3) is 5.57. The van der Waals surface area contributed by atoms with Gasteiger partial charge in [-0.2, -0.15) is 5.01 Å². The molecule has 0 aromatic heterocycles. The van der Waals surface area contributed by atoms with E-state index in [1.165, 1.54) is 6.07 Å². The van der Waals surface area contributed by atoms with Gasteiger partial charge in [0, 0.05) is 26.7 Å². The minimum Gasteiger partial charge on any atom is -0.488 e. The summed E-state index contributed by atoms with van der Waals surface area (Å²) in [4.78, 5) is 25.8. The van der Waals surface area contributed by atoms with Gasteiger partial charge in [0.2, 0.25) is 0 Å². The van der Waals surface area contributed by atoms with Crippen molar-refractivity contribution in [1.29, 1.82) is 0 Å². The lowest BCUT2D eigenvalue weighted by Crippen LogP contribution is -2.44. The Kier molecular flexibility index (Phi) is 7.35. The van der Waals surface area contributed by atoms with Crippen LogP contribution in [0.2, 0.25) is 10.0 Å². The average molecular weight is 515 g/mol. The minimum absolute atomic E-state index is 0.219. The number of nitrogens with one attached hydrogen (secondary N) is 1. The highest BCUT2D eigenvalue weighted by atomic mass is 35.5. The van der Waals surface area contributed by atoms with Crippen molar-refractivity contribution in [2.75, 3.05) is 0 Å². The highest BCUT2D eigenvalue weighted by Gasteiger charge is 2.34. The summed E-state index contributed by atoms with van der Waals surface area (Å²) < 4.78 is 6.18. The van der Waals surface area contributed by atoms with Crippen LogP contribution < -0.4 is 10.2 Å². The molecule has 0 aliphatic carbocycles. The minimum atomic E-state index is -0.487. The molecule has 166 valence electrons. The molecule has 0 radical (unpaired) electrons. The molecule has 1 saturated heterocycles. The molecule has 1 fully saturated rings. The quantitative estimate of drug-likeness (QED) is 0.317. The van der Waals surface area contributed by atoms with Crippen LogP contribution >= 0.6 is 47.2 Å². The van der Waals surface area contributed by atoms with Crippen LogP contribution in [0.5, 0.6) is 5.75 Å². The molecule has 4 rings (SSSR count). The molecule has 0 atom stereocenters. The van der Waals surface area contributed by atoms with Gasteiger partial charge in [-0.1, -0.05) is 77.4 Å². The van der Waals surface area contributed by atoms with Crippen molar-refractivity contribution in [3.63, 3.8) is 0 Å². The number of hydrazine groups is 1. The number of rotatable bonds is 6. The number of carbonyl (C=O) groups excluding carboxylic acids is 2. The number of nitrogens with zero attached hydrogens (tertiary/aromatic N) is 1. The Hall–Kier alpha value is -2.84.